The lowest BCUT2D eigenvalue weighted by molar-refractivity contribution is -0.127. The third kappa shape index (κ3) is 0.816. The molecule has 1 saturated carbocycles. The molecule has 12 heavy (non-hydrogen) atoms. The van der Waals surface area contributed by atoms with Crippen molar-refractivity contribution in [2.75, 3.05) is 0 Å². The lowest BCUT2D eigenvalue weighted by Crippen LogP contribution is -2.34. The predicted molar refractivity (Wildman–Crippen MR) is 45.7 cm³/mol. The maximum atomic E-state index is 11.7. The molecule has 1 fully saturated rings. The van der Waals surface area contributed by atoms with Gasteiger partial charge in [-0.2, -0.15) is 0 Å². The first kappa shape index (κ1) is 7.99. The van der Waals surface area contributed by atoms with Crippen LogP contribution in [0.25, 0.3) is 0 Å². The molecule has 0 aromatic rings. The van der Waals surface area contributed by atoms with Crippen LogP contribution in [-0.4, -0.2) is 17.0 Å². The van der Waals surface area contributed by atoms with Gasteiger partial charge in [-0.15, -0.1) is 0 Å². The zero-order valence-corrected chi connectivity index (χ0v) is 7.34. The Hall–Kier alpha value is -0.630. The van der Waals surface area contributed by atoms with Gasteiger partial charge in [-0.05, 0) is 31.4 Å². The zero-order chi connectivity index (χ0) is 8.77. The SMILES string of the molecule is CC1=CC(O)C2(CCCC2)C1=O. The maximum Gasteiger partial charge on any atom is 0.167 e. The number of carbonyl (C=O) groups excluding carboxylic acids is 1. The van der Waals surface area contributed by atoms with E-state index in [1.54, 1.807) is 13.0 Å². The lowest BCUT2D eigenvalue weighted by Gasteiger charge is -2.25. The predicted octanol–water partition coefficient (Wildman–Crippen LogP) is 1.44. The van der Waals surface area contributed by atoms with Crippen LogP contribution in [0.4, 0.5) is 0 Å². The van der Waals surface area contributed by atoms with Gasteiger partial charge in [-0.1, -0.05) is 12.8 Å². The van der Waals surface area contributed by atoms with Crippen molar-refractivity contribution < 1.29 is 9.90 Å². The van der Waals surface area contributed by atoms with E-state index in [4.69, 9.17) is 0 Å². The van der Waals surface area contributed by atoms with E-state index in [1.165, 1.54) is 0 Å². The fraction of sp³-hybridized carbons (Fsp3) is 0.700. The number of carbonyl (C=O) groups is 1. The molecule has 2 aliphatic rings. The minimum absolute atomic E-state index is 0.188. The van der Waals surface area contributed by atoms with Gasteiger partial charge >= 0.3 is 0 Å². The standard InChI is InChI=1S/C10H14O2/c1-7-6-8(11)10(9(7)12)4-2-3-5-10/h6,8,11H,2-5H2,1H3. The number of ketones is 1. The summed E-state index contributed by atoms with van der Waals surface area (Å²) in [7, 11) is 0. The Morgan fingerprint density at radius 1 is 1.50 bits per heavy atom. The minimum atomic E-state index is -0.507. The van der Waals surface area contributed by atoms with Crippen LogP contribution in [0.1, 0.15) is 32.6 Å². The number of rotatable bonds is 0. The first-order chi connectivity index (χ1) is 5.67. The summed E-state index contributed by atoms with van der Waals surface area (Å²) in [5.41, 5.74) is 0.355. The average Bonchev–Trinajstić information content (AvgIpc) is 2.57. The summed E-state index contributed by atoms with van der Waals surface area (Å²) in [5.74, 6) is 0.188. The summed E-state index contributed by atoms with van der Waals surface area (Å²) in [5, 5.41) is 9.72. The van der Waals surface area contributed by atoms with E-state index in [-0.39, 0.29) is 5.78 Å². The van der Waals surface area contributed by atoms with E-state index in [2.05, 4.69) is 0 Å². The van der Waals surface area contributed by atoms with E-state index in [9.17, 15) is 9.90 Å². The third-order valence-electron chi connectivity index (χ3n) is 3.28. The van der Waals surface area contributed by atoms with Gasteiger partial charge in [0.15, 0.2) is 5.78 Å². The summed E-state index contributed by atoms with van der Waals surface area (Å²) >= 11 is 0. The van der Waals surface area contributed by atoms with Crippen LogP contribution in [0.15, 0.2) is 11.6 Å². The van der Waals surface area contributed by atoms with Gasteiger partial charge < -0.3 is 5.11 Å². The normalized spacial score (nSPS) is 33.0. The van der Waals surface area contributed by atoms with Crippen molar-refractivity contribution in [3.05, 3.63) is 11.6 Å². The van der Waals surface area contributed by atoms with E-state index in [0.29, 0.717) is 0 Å². The van der Waals surface area contributed by atoms with Crippen LogP contribution in [0.5, 0.6) is 0 Å². The Morgan fingerprint density at radius 2 is 2.08 bits per heavy atom. The number of hydrogen-bond acceptors (Lipinski definition) is 2. The van der Waals surface area contributed by atoms with Crippen LogP contribution < -0.4 is 0 Å². The molecule has 2 nitrogen and oxygen atoms in total. The van der Waals surface area contributed by atoms with Gasteiger partial charge in [-0.3, -0.25) is 4.79 Å². The second-order valence-electron chi connectivity index (χ2n) is 3.99. The molecule has 0 aliphatic heterocycles. The van der Waals surface area contributed by atoms with Crippen molar-refractivity contribution in [2.24, 2.45) is 5.41 Å². The molecule has 66 valence electrons. The molecule has 2 heteroatoms. The average molecular weight is 166 g/mol. The lowest BCUT2D eigenvalue weighted by atomic mass is 9.80. The number of aliphatic hydroxyl groups is 1. The van der Waals surface area contributed by atoms with Crippen molar-refractivity contribution in [2.45, 2.75) is 38.7 Å². The molecule has 0 aromatic carbocycles. The smallest absolute Gasteiger partial charge is 0.167 e. The Labute approximate surface area is 72.3 Å². The maximum absolute atomic E-state index is 11.7. The Morgan fingerprint density at radius 3 is 2.50 bits per heavy atom. The van der Waals surface area contributed by atoms with E-state index in [1.807, 2.05) is 0 Å². The van der Waals surface area contributed by atoms with Crippen LogP contribution in [0.3, 0.4) is 0 Å². The second kappa shape index (κ2) is 2.43. The molecular weight excluding hydrogens is 152 g/mol. The molecule has 2 aliphatic carbocycles. The molecule has 0 aromatic heterocycles. The van der Waals surface area contributed by atoms with Crippen molar-refractivity contribution in [3.63, 3.8) is 0 Å². The van der Waals surface area contributed by atoms with E-state index >= 15 is 0 Å². The highest BCUT2D eigenvalue weighted by molar-refractivity contribution is 6.02. The monoisotopic (exact) mass is 166 g/mol. The molecule has 1 atom stereocenters. The first-order valence-corrected chi connectivity index (χ1v) is 4.58. The summed E-state index contributed by atoms with van der Waals surface area (Å²) in [6.45, 7) is 1.80. The zero-order valence-electron chi connectivity index (χ0n) is 7.34. The van der Waals surface area contributed by atoms with Gasteiger partial charge in [0, 0.05) is 0 Å². The number of aliphatic hydroxyl groups excluding tert-OH is 1. The van der Waals surface area contributed by atoms with Gasteiger partial charge in [0.1, 0.15) is 0 Å². The molecule has 2 rings (SSSR count). The van der Waals surface area contributed by atoms with Crippen LogP contribution in [0.2, 0.25) is 0 Å². The van der Waals surface area contributed by atoms with Crippen molar-refractivity contribution >= 4 is 5.78 Å². The molecule has 1 N–H and O–H groups in total. The highest BCUT2D eigenvalue weighted by atomic mass is 16.3. The molecule has 0 saturated heterocycles. The van der Waals surface area contributed by atoms with Gasteiger partial charge in [0.25, 0.3) is 0 Å². The Bertz CT molecular complexity index is 247. The van der Waals surface area contributed by atoms with Crippen molar-refractivity contribution in [1.82, 2.24) is 0 Å². The van der Waals surface area contributed by atoms with Crippen LogP contribution in [-0.2, 0) is 4.79 Å². The molecular formula is C10H14O2. The summed E-state index contributed by atoms with van der Waals surface area (Å²) in [6.07, 6.45) is 5.14. The Kier molecular flexibility index (Phi) is 1.62. The summed E-state index contributed by atoms with van der Waals surface area (Å²) < 4.78 is 0. The van der Waals surface area contributed by atoms with Crippen LogP contribution >= 0.6 is 0 Å². The largest absolute Gasteiger partial charge is 0.388 e. The van der Waals surface area contributed by atoms with Gasteiger partial charge in [0.05, 0.1) is 11.5 Å². The Balaban J connectivity index is 2.33. The molecule has 0 bridgehead atoms. The second-order valence-corrected chi connectivity index (χ2v) is 3.99. The first-order valence-electron chi connectivity index (χ1n) is 4.58. The summed E-state index contributed by atoms with van der Waals surface area (Å²) in [4.78, 5) is 11.7. The molecule has 1 unspecified atom stereocenters. The topological polar surface area (TPSA) is 37.3 Å². The van der Waals surface area contributed by atoms with Crippen LogP contribution in [0, 0.1) is 5.41 Å². The van der Waals surface area contributed by atoms with E-state index < -0.39 is 11.5 Å². The third-order valence-corrected chi connectivity index (χ3v) is 3.28. The van der Waals surface area contributed by atoms with Gasteiger partial charge in [-0.25, -0.2) is 0 Å². The minimum Gasteiger partial charge on any atom is -0.388 e. The van der Waals surface area contributed by atoms with Gasteiger partial charge in [0.2, 0.25) is 0 Å². The molecule has 0 heterocycles. The fourth-order valence-corrected chi connectivity index (χ4v) is 2.53. The number of Topliss-reactive ketones (excluding diaryl/α,β-unsaturated/α-hetero) is 1. The highest BCUT2D eigenvalue weighted by Gasteiger charge is 2.49. The highest BCUT2D eigenvalue weighted by Crippen LogP contribution is 2.47. The van der Waals surface area contributed by atoms with Crippen molar-refractivity contribution in [1.29, 1.82) is 0 Å². The molecule has 1 spiro atoms. The molecule has 0 amide bonds. The number of hydrogen-bond donors (Lipinski definition) is 1. The fourth-order valence-electron chi connectivity index (χ4n) is 2.53. The number of allylic oxidation sites excluding steroid dienone is 1. The molecule has 0 radical (unpaired) electrons. The van der Waals surface area contributed by atoms with E-state index in [0.717, 1.165) is 31.3 Å². The van der Waals surface area contributed by atoms with Crippen molar-refractivity contribution in [3.8, 4) is 0 Å². The summed E-state index contributed by atoms with van der Waals surface area (Å²) in [6, 6.07) is 0. The quantitative estimate of drug-likeness (QED) is 0.591.